The summed E-state index contributed by atoms with van der Waals surface area (Å²) in [4.78, 5) is 15.4. The first-order valence-electron chi connectivity index (χ1n) is 11.5. The van der Waals surface area contributed by atoms with Gasteiger partial charge in [0.25, 0.3) is 5.91 Å². The topological polar surface area (TPSA) is 41.6 Å². The predicted molar refractivity (Wildman–Crippen MR) is 127 cm³/mol. The van der Waals surface area contributed by atoms with E-state index in [4.69, 9.17) is 4.74 Å². The number of nitrogens with zero attached hydrogens (tertiary/aromatic N) is 1. The van der Waals surface area contributed by atoms with E-state index in [0.717, 1.165) is 49.5 Å². The van der Waals surface area contributed by atoms with Crippen LogP contribution in [0.4, 0.5) is 0 Å². The number of rotatable bonds is 6. The molecule has 0 spiro atoms. The van der Waals surface area contributed by atoms with Crippen LogP contribution in [0.2, 0.25) is 0 Å². The normalized spacial score (nSPS) is 21.2. The molecule has 5 rings (SSSR count). The average molecular weight is 427 g/mol. The number of carbonyl (C=O) groups excluding carboxylic acids is 1. The fourth-order valence-corrected chi connectivity index (χ4v) is 5.16. The summed E-state index contributed by atoms with van der Waals surface area (Å²) in [5.74, 6) is 1.58. The van der Waals surface area contributed by atoms with Crippen LogP contribution in [0.3, 0.4) is 0 Å². The van der Waals surface area contributed by atoms with Crippen molar-refractivity contribution in [1.29, 1.82) is 0 Å². The van der Waals surface area contributed by atoms with Crippen molar-refractivity contribution >= 4 is 5.91 Å². The molecule has 0 radical (unpaired) electrons. The van der Waals surface area contributed by atoms with Gasteiger partial charge < -0.3 is 10.1 Å². The first-order chi connectivity index (χ1) is 15.7. The van der Waals surface area contributed by atoms with Crippen molar-refractivity contribution in [2.24, 2.45) is 5.92 Å². The maximum Gasteiger partial charge on any atom is 0.251 e. The van der Waals surface area contributed by atoms with Crippen LogP contribution in [0.15, 0.2) is 78.9 Å². The van der Waals surface area contributed by atoms with E-state index in [1.54, 1.807) is 0 Å². The minimum atomic E-state index is 0.0187. The Kier molecular flexibility index (Phi) is 5.95. The summed E-state index contributed by atoms with van der Waals surface area (Å²) in [5, 5.41) is 3.16. The molecule has 4 nitrogen and oxygen atoms in total. The van der Waals surface area contributed by atoms with Gasteiger partial charge in [0.1, 0.15) is 5.75 Å². The van der Waals surface area contributed by atoms with Gasteiger partial charge in [-0.3, -0.25) is 9.69 Å². The Bertz CT molecular complexity index is 1070. The van der Waals surface area contributed by atoms with Crippen molar-refractivity contribution in [3.8, 4) is 5.75 Å². The number of likely N-dealkylation sites (tertiary alicyclic amines) is 1. The number of fused-ring (bicyclic) bond motifs is 3. The zero-order chi connectivity index (χ0) is 21.9. The summed E-state index contributed by atoms with van der Waals surface area (Å²) in [5.41, 5.74) is 4.51. The molecule has 2 aliphatic heterocycles. The second-order valence-corrected chi connectivity index (χ2v) is 9.12. The summed E-state index contributed by atoms with van der Waals surface area (Å²) in [6.45, 7) is 5.74. The SMILES string of the molecule is C[C@@H](Cc1ccccc1)Oc1ccc2c(c1)C(=O)NC[C@@H]1CN(Cc3ccccc3)C[C@@H]21. The summed E-state index contributed by atoms with van der Waals surface area (Å²) >= 11 is 0. The van der Waals surface area contributed by atoms with Gasteiger partial charge in [-0.15, -0.1) is 0 Å². The van der Waals surface area contributed by atoms with E-state index in [0.29, 0.717) is 11.8 Å². The Morgan fingerprint density at radius 2 is 1.69 bits per heavy atom. The van der Waals surface area contributed by atoms with Gasteiger partial charge in [0.2, 0.25) is 0 Å². The molecule has 1 fully saturated rings. The minimum Gasteiger partial charge on any atom is -0.490 e. The molecule has 0 bridgehead atoms. The summed E-state index contributed by atoms with van der Waals surface area (Å²) < 4.78 is 6.19. The molecule has 1 N–H and O–H groups in total. The van der Waals surface area contributed by atoms with Crippen LogP contribution in [-0.2, 0) is 13.0 Å². The maximum absolute atomic E-state index is 12.9. The van der Waals surface area contributed by atoms with Crippen LogP contribution in [0.5, 0.6) is 5.75 Å². The molecular formula is C28H30N2O2. The second-order valence-electron chi connectivity index (χ2n) is 9.12. The molecule has 3 atom stereocenters. The second kappa shape index (κ2) is 9.17. The van der Waals surface area contributed by atoms with Gasteiger partial charge in [-0.1, -0.05) is 66.7 Å². The molecule has 0 unspecified atom stereocenters. The molecule has 1 saturated heterocycles. The molecule has 0 aromatic heterocycles. The van der Waals surface area contributed by atoms with E-state index in [-0.39, 0.29) is 12.0 Å². The standard InChI is InChI=1S/C28H30N2O2/c1-20(14-21-8-4-2-5-9-21)32-24-12-13-25-26(15-24)28(31)29-16-23-18-30(19-27(23)25)17-22-10-6-3-7-11-22/h2-13,15,20,23,27H,14,16-19H2,1H3,(H,29,31)/t20-,23+,27+/m0/s1. The fraction of sp³-hybridized carbons (Fsp3) is 0.321. The number of nitrogens with one attached hydrogen (secondary N) is 1. The lowest BCUT2D eigenvalue weighted by atomic mass is 9.87. The number of ether oxygens (including phenoxy) is 1. The molecule has 0 aliphatic carbocycles. The maximum atomic E-state index is 12.9. The third-order valence-corrected chi connectivity index (χ3v) is 6.66. The molecular weight excluding hydrogens is 396 g/mol. The van der Waals surface area contributed by atoms with E-state index in [1.807, 2.05) is 30.3 Å². The summed E-state index contributed by atoms with van der Waals surface area (Å²) in [6, 6.07) is 27.1. The van der Waals surface area contributed by atoms with Gasteiger partial charge in [0.05, 0.1) is 6.10 Å². The van der Waals surface area contributed by atoms with Gasteiger partial charge in [-0.25, -0.2) is 0 Å². The number of benzene rings is 3. The van der Waals surface area contributed by atoms with Crippen LogP contribution in [0.25, 0.3) is 0 Å². The average Bonchev–Trinajstić information content (AvgIpc) is 3.15. The molecule has 3 aromatic carbocycles. The fourth-order valence-electron chi connectivity index (χ4n) is 5.16. The zero-order valence-corrected chi connectivity index (χ0v) is 18.5. The monoisotopic (exact) mass is 426 g/mol. The Labute approximate surface area is 190 Å². The molecule has 2 heterocycles. The van der Waals surface area contributed by atoms with Gasteiger partial charge >= 0.3 is 0 Å². The minimum absolute atomic E-state index is 0.0187. The van der Waals surface area contributed by atoms with E-state index in [1.165, 1.54) is 11.1 Å². The Balaban J connectivity index is 1.31. The molecule has 2 aliphatic rings. The van der Waals surface area contributed by atoms with E-state index < -0.39 is 0 Å². The molecule has 3 aromatic rings. The van der Waals surface area contributed by atoms with Gasteiger partial charge in [-0.05, 0) is 41.7 Å². The van der Waals surface area contributed by atoms with Gasteiger partial charge in [-0.2, -0.15) is 0 Å². The highest BCUT2D eigenvalue weighted by Gasteiger charge is 2.38. The third kappa shape index (κ3) is 4.56. The van der Waals surface area contributed by atoms with Gasteiger partial charge in [0, 0.05) is 44.1 Å². The van der Waals surface area contributed by atoms with E-state index >= 15 is 0 Å². The highest BCUT2D eigenvalue weighted by molar-refractivity contribution is 5.96. The number of amides is 1. The van der Waals surface area contributed by atoms with E-state index in [9.17, 15) is 4.79 Å². The first-order valence-corrected chi connectivity index (χ1v) is 11.5. The van der Waals surface area contributed by atoms with Crippen LogP contribution >= 0.6 is 0 Å². The number of hydrogen-bond acceptors (Lipinski definition) is 3. The van der Waals surface area contributed by atoms with Crippen molar-refractivity contribution < 1.29 is 9.53 Å². The van der Waals surface area contributed by atoms with Crippen molar-refractivity contribution in [2.75, 3.05) is 19.6 Å². The van der Waals surface area contributed by atoms with Crippen LogP contribution < -0.4 is 10.1 Å². The number of hydrogen-bond donors (Lipinski definition) is 1. The summed E-state index contributed by atoms with van der Waals surface area (Å²) in [6.07, 6.45) is 0.869. The first kappa shape index (κ1) is 20.8. The Morgan fingerprint density at radius 3 is 2.44 bits per heavy atom. The van der Waals surface area contributed by atoms with Crippen molar-refractivity contribution in [3.05, 3.63) is 101 Å². The predicted octanol–water partition coefficient (Wildman–Crippen LogP) is 4.66. The molecule has 0 saturated carbocycles. The lowest BCUT2D eigenvalue weighted by molar-refractivity contribution is 0.0950. The van der Waals surface area contributed by atoms with Crippen LogP contribution in [0.1, 0.15) is 39.9 Å². The molecule has 4 heteroatoms. The highest BCUT2D eigenvalue weighted by atomic mass is 16.5. The number of carbonyl (C=O) groups is 1. The van der Waals surface area contributed by atoms with Crippen molar-refractivity contribution in [2.45, 2.75) is 31.9 Å². The van der Waals surface area contributed by atoms with Crippen molar-refractivity contribution in [3.63, 3.8) is 0 Å². The lowest BCUT2D eigenvalue weighted by Gasteiger charge is -2.19. The lowest BCUT2D eigenvalue weighted by Crippen LogP contribution is -2.29. The van der Waals surface area contributed by atoms with Crippen LogP contribution in [-0.4, -0.2) is 36.5 Å². The zero-order valence-electron chi connectivity index (χ0n) is 18.5. The quantitative estimate of drug-likeness (QED) is 0.624. The van der Waals surface area contributed by atoms with Crippen molar-refractivity contribution in [1.82, 2.24) is 10.2 Å². The molecule has 164 valence electrons. The molecule has 32 heavy (non-hydrogen) atoms. The molecule has 1 amide bonds. The van der Waals surface area contributed by atoms with Gasteiger partial charge in [0.15, 0.2) is 0 Å². The van der Waals surface area contributed by atoms with E-state index in [2.05, 4.69) is 65.7 Å². The third-order valence-electron chi connectivity index (χ3n) is 6.66. The highest BCUT2D eigenvalue weighted by Crippen LogP contribution is 2.38. The Morgan fingerprint density at radius 1 is 0.969 bits per heavy atom. The summed E-state index contributed by atoms with van der Waals surface area (Å²) in [7, 11) is 0. The Hall–Kier alpha value is -3.11. The largest absolute Gasteiger partial charge is 0.490 e. The smallest absolute Gasteiger partial charge is 0.251 e. The van der Waals surface area contributed by atoms with Crippen LogP contribution in [0, 0.1) is 5.92 Å².